The van der Waals surface area contributed by atoms with Crippen molar-refractivity contribution in [2.75, 3.05) is 0 Å². The minimum atomic E-state index is -0.162. The summed E-state index contributed by atoms with van der Waals surface area (Å²) in [6.45, 7) is 4.78. The zero-order valence-electron chi connectivity index (χ0n) is 25.8. The first-order valence-electron chi connectivity index (χ1n) is 16.1. The molecule has 0 saturated carbocycles. The van der Waals surface area contributed by atoms with E-state index >= 15 is 0 Å². The Kier molecular flexibility index (Phi) is 5.12. The Bertz CT molecular complexity index is 2720. The fourth-order valence-corrected chi connectivity index (χ4v) is 8.26. The van der Waals surface area contributed by atoms with Gasteiger partial charge >= 0.3 is 0 Å². The predicted octanol–water partition coefficient (Wildman–Crippen LogP) is 12.7. The third-order valence-electron chi connectivity index (χ3n) is 10.4. The molecule has 0 unspecified atom stereocenters. The van der Waals surface area contributed by atoms with Gasteiger partial charge in [0, 0.05) is 21.6 Å². The molecule has 0 radical (unpaired) electrons. The van der Waals surface area contributed by atoms with Crippen molar-refractivity contribution in [1.29, 1.82) is 0 Å². The smallest absolute Gasteiger partial charge is 0.143 e. The maximum Gasteiger partial charge on any atom is 0.143 e. The van der Waals surface area contributed by atoms with Gasteiger partial charge in [0.2, 0.25) is 0 Å². The molecule has 0 fully saturated rings. The highest BCUT2D eigenvalue weighted by Gasteiger charge is 2.37. The van der Waals surface area contributed by atoms with Crippen LogP contribution >= 0.6 is 0 Å². The van der Waals surface area contributed by atoms with Crippen LogP contribution in [0.5, 0.6) is 0 Å². The van der Waals surface area contributed by atoms with Gasteiger partial charge in [0.25, 0.3) is 0 Å². The highest BCUT2D eigenvalue weighted by Crippen LogP contribution is 2.53. The fraction of sp³-hybridized carbons (Fsp3) is 0.0667. The van der Waals surface area contributed by atoms with Gasteiger partial charge in [-0.05, 0) is 95.7 Å². The molecular formula is C45H30O. The minimum Gasteiger partial charge on any atom is -0.455 e. The van der Waals surface area contributed by atoms with E-state index in [1.807, 2.05) is 0 Å². The van der Waals surface area contributed by atoms with Crippen LogP contribution in [0, 0.1) is 0 Å². The van der Waals surface area contributed by atoms with Crippen molar-refractivity contribution >= 4 is 54.3 Å². The first-order chi connectivity index (χ1) is 22.6. The molecule has 10 rings (SSSR count). The number of benzene rings is 8. The zero-order chi connectivity index (χ0) is 30.6. The van der Waals surface area contributed by atoms with Crippen LogP contribution in [-0.2, 0) is 5.41 Å². The molecule has 0 amide bonds. The first kappa shape index (κ1) is 25.6. The lowest BCUT2D eigenvalue weighted by atomic mass is 9.79. The van der Waals surface area contributed by atoms with E-state index in [0.29, 0.717) is 0 Å². The van der Waals surface area contributed by atoms with Crippen LogP contribution in [0.15, 0.2) is 150 Å². The van der Waals surface area contributed by atoms with Gasteiger partial charge in [0.15, 0.2) is 0 Å². The van der Waals surface area contributed by atoms with Crippen LogP contribution < -0.4 is 0 Å². The van der Waals surface area contributed by atoms with Gasteiger partial charge < -0.3 is 4.42 Å². The largest absolute Gasteiger partial charge is 0.455 e. The third-order valence-corrected chi connectivity index (χ3v) is 10.4. The second-order valence-electron chi connectivity index (χ2n) is 13.3. The molecule has 0 N–H and O–H groups in total. The van der Waals surface area contributed by atoms with Gasteiger partial charge in [-0.1, -0.05) is 135 Å². The molecule has 1 heteroatoms. The van der Waals surface area contributed by atoms with Gasteiger partial charge in [-0.25, -0.2) is 0 Å². The van der Waals surface area contributed by atoms with Crippen LogP contribution in [0.25, 0.3) is 87.6 Å². The Morgan fingerprint density at radius 1 is 0.435 bits per heavy atom. The summed E-state index contributed by atoms with van der Waals surface area (Å²) in [6.07, 6.45) is 0. The molecule has 46 heavy (non-hydrogen) atoms. The van der Waals surface area contributed by atoms with E-state index < -0.39 is 0 Å². The number of fused-ring (bicyclic) bond motifs is 11. The summed E-state index contributed by atoms with van der Waals surface area (Å²) in [5.41, 5.74) is 12.2. The Balaban J connectivity index is 1.15. The quantitative estimate of drug-likeness (QED) is 0.196. The van der Waals surface area contributed by atoms with Crippen LogP contribution in [0.3, 0.4) is 0 Å². The van der Waals surface area contributed by atoms with E-state index in [4.69, 9.17) is 4.42 Å². The summed E-state index contributed by atoms with van der Waals surface area (Å²) in [4.78, 5) is 0. The Morgan fingerprint density at radius 3 is 2.02 bits per heavy atom. The molecule has 8 aromatic carbocycles. The Morgan fingerprint density at radius 2 is 1.11 bits per heavy atom. The third kappa shape index (κ3) is 3.46. The summed E-state index contributed by atoms with van der Waals surface area (Å²) in [5.74, 6) is 0. The normalized spacial score (nSPS) is 13.6. The van der Waals surface area contributed by atoms with Gasteiger partial charge in [-0.3, -0.25) is 0 Å². The zero-order valence-corrected chi connectivity index (χ0v) is 25.8. The SMILES string of the molecule is CC1(C)c2cc(-c3cccc4oc5c6ccccc6ccc5c34)ccc2-c2ccc3c(-c4ccc5ccccc5c4)cccc3c21. The first-order valence-corrected chi connectivity index (χ1v) is 16.1. The van der Waals surface area contributed by atoms with Crippen molar-refractivity contribution in [2.24, 2.45) is 0 Å². The molecule has 0 atom stereocenters. The Labute approximate surface area is 267 Å². The van der Waals surface area contributed by atoms with Gasteiger partial charge in [0.05, 0.1) is 0 Å². The lowest BCUT2D eigenvalue weighted by Gasteiger charge is -2.24. The molecule has 0 spiro atoms. The molecule has 0 aliphatic heterocycles. The minimum absolute atomic E-state index is 0.162. The van der Waals surface area contributed by atoms with Gasteiger partial charge in [0.1, 0.15) is 11.2 Å². The topological polar surface area (TPSA) is 13.1 Å². The van der Waals surface area contributed by atoms with Crippen LogP contribution in [0.4, 0.5) is 0 Å². The van der Waals surface area contributed by atoms with Crippen molar-refractivity contribution in [2.45, 2.75) is 19.3 Å². The summed E-state index contributed by atoms with van der Waals surface area (Å²) >= 11 is 0. The van der Waals surface area contributed by atoms with Crippen molar-refractivity contribution < 1.29 is 4.42 Å². The molecule has 1 aromatic heterocycles. The monoisotopic (exact) mass is 586 g/mol. The van der Waals surface area contributed by atoms with Crippen molar-refractivity contribution in [3.8, 4) is 33.4 Å². The highest BCUT2D eigenvalue weighted by molar-refractivity contribution is 6.19. The molecule has 9 aromatic rings. The molecule has 1 nitrogen and oxygen atoms in total. The maximum absolute atomic E-state index is 6.53. The predicted molar refractivity (Wildman–Crippen MR) is 195 cm³/mol. The van der Waals surface area contributed by atoms with E-state index in [-0.39, 0.29) is 5.41 Å². The van der Waals surface area contributed by atoms with Crippen molar-refractivity contribution in [1.82, 2.24) is 0 Å². The molecule has 1 aliphatic rings. The lowest BCUT2D eigenvalue weighted by Crippen LogP contribution is -2.15. The number of hydrogen-bond acceptors (Lipinski definition) is 1. The van der Waals surface area contributed by atoms with E-state index in [0.717, 1.165) is 16.6 Å². The molecule has 1 heterocycles. The molecular weight excluding hydrogens is 556 g/mol. The van der Waals surface area contributed by atoms with Crippen LogP contribution in [0.2, 0.25) is 0 Å². The lowest BCUT2D eigenvalue weighted by molar-refractivity contribution is 0.666. The average molecular weight is 587 g/mol. The molecule has 216 valence electrons. The van der Waals surface area contributed by atoms with E-state index in [2.05, 4.69) is 159 Å². The van der Waals surface area contributed by atoms with Crippen LogP contribution in [-0.4, -0.2) is 0 Å². The Hall–Kier alpha value is -5.66. The van der Waals surface area contributed by atoms with Crippen molar-refractivity contribution in [3.63, 3.8) is 0 Å². The number of furan rings is 1. The average Bonchev–Trinajstić information content (AvgIpc) is 3.60. The summed E-state index contributed by atoms with van der Waals surface area (Å²) in [7, 11) is 0. The maximum atomic E-state index is 6.53. The van der Waals surface area contributed by atoms with E-state index in [1.54, 1.807) is 0 Å². The summed E-state index contributed by atoms with van der Waals surface area (Å²) < 4.78 is 6.53. The van der Waals surface area contributed by atoms with E-state index in [1.165, 1.54) is 82.2 Å². The van der Waals surface area contributed by atoms with Gasteiger partial charge in [-0.2, -0.15) is 0 Å². The molecule has 1 aliphatic carbocycles. The van der Waals surface area contributed by atoms with Crippen molar-refractivity contribution in [3.05, 3.63) is 157 Å². The molecule has 0 saturated heterocycles. The summed E-state index contributed by atoms with van der Waals surface area (Å²) in [6, 6.07) is 53.4. The second-order valence-corrected chi connectivity index (χ2v) is 13.3. The standard InChI is InChI=1S/C45H30O/c1-45(2)40-26-31(33-14-8-16-41-42(33)39-22-19-28-10-5-6-12-34(28)44(39)46-41)20-21-36(40)38-24-23-35-32(13-7-15-37(35)43(38)45)30-18-17-27-9-3-4-11-29(27)25-30/h3-26H,1-2H3. The van der Waals surface area contributed by atoms with Gasteiger partial charge in [-0.15, -0.1) is 0 Å². The molecule has 0 bridgehead atoms. The highest BCUT2D eigenvalue weighted by atomic mass is 16.3. The second kappa shape index (κ2) is 9.19. The fourth-order valence-electron chi connectivity index (χ4n) is 8.26. The number of rotatable bonds is 2. The number of hydrogen-bond donors (Lipinski definition) is 0. The summed E-state index contributed by atoms with van der Waals surface area (Å²) in [5, 5.41) is 9.88. The van der Waals surface area contributed by atoms with Crippen LogP contribution in [0.1, 0.15) is 25.0 Å². The van der Waals surface area contributed by atoms with E-state index in [9.17, 15) is 0 Å².